The number of nitrogens with one attached hydrogen (secondary N) is 1. The van der Waals surface area contributed by atoms with Crippen LogP contribution in [0.5, 0.6) is 0 Å². The van der Waals surface area contributed by atoms with Crippen molar-refractivity contribution in [2.75, 3.05) is 37.6 Å². The molecular weight excluding hydrogens is 395 g/mol. The Morgan fingerprint density at radius 2 is 1.80 bits per heavy atom. The predicted octanol–water partition coefficient (Wildman–Crippen LogP) is 4.28. The number of piperazine rings is 1. The topological polar surface area (TPSA) is 52.5 Å². The number of fused-ring (bicyclic) bond motifs is 1. The number of aryl methyl sites for hydroxylation is 1. The summed E-state index contributed by atoms with van der Waals surface area (Å²) in [5.41, 5.74) is 2.47. The average molecular weight is 419 g/mol. The second-order valence-electron chi connectivity index (χ2n) is 7.68. The Hall–Kier alpha value is -2.74. The number of hydrogen-bond donors (Lipinski definition) is 1. The average Bonchev–Trinajstić information content (AvgIpc) is 3.10. The highest BCUT2D eigenvalue weighted by molar-refractivity contribution is 5.72. The number of benzene rings is 2. The number of hydrogen-bond acceptors (Lipinski definition) is 4. The van der Waals surface area contributed by atoms with Gasteiger partial charge in [0.05, 0.1) is 11.1 Å². The first-order valence-corrected chi connectivity index (χ1v) is 10.1. The van der Waals surface area contributed by atoms with Crippen LogP contribution >= 0.6 is 0 Å². The smallest absolute Gasteiger partial charge is 0.408 e. The van der Waals surface area contributed by atoms with Gasteiger partial charge in [-0.3, -0.25) is 9.88 Å². The Labute approximate surface area is 172 Å². The molecule has 0 aliphatic carbocycles. The minimum Gasteiger partial charge on any atom is -0.408 e. The highest BCUT2D eigenvalue weighted by Crippen LogP contribution is 2.31. The molecule has 1 aromatic heterocycles. The Morgan fingerprint density at radius 3 is 2.57 bits per heavy atom. The predicted molar refractivity (Wildman–Crippen MR) is 110 cm³/mol. The van der Waals surface area contributed by atoms with Crippen molar-refractivity contribution in [3.05, 3.63) is 64.1 Å². The summed E-state index contributed by atoms with van der Waals surface area (Å²) in [7, 11) is 0. The van der Waals surface area contributed by atoms with Crippen molar-refractivity contribution in [3.8, 4) is 0 Å². The molecule has 0 radical (unpaired) electrons. The van der Waals surface area contributed by atoms with Crippen molar-refractivity contribution < 1.29 is 17.6 Å². The van der Waals surface area contributed by atoms with Crippen molar-refractivity contribution in [2.45, 2.75) is 25.4 Å². The molecule has 8 heteroatoms. The number of rotatable bonds is 6. The van der Waals surface area contributed by atoms with E-state index in [9.17, 15) is 18.0 Å². The Kier molecular flexibility index (Phi) is 5.85. The van der Waals surface area contributed by atoms with Gasteiger partial charge in [-0.1, -0.05) is 12.1 Å². The van der Waals surface area contributed by atoms with Crippen LogP contribution in [0.15, 0.2) is 51.7 Å². The maximum atomic E-state index is 12.9. The second kappa shape index (κ2) is 8.55. The van der Waals surface area contributed by atoms with Gasteiger partial charge in [0, 0.05) is 31.9 Å². The fourth-order valence-electron chi connectivity index (χ4n) is 3.92. The molecule has 3 aromatic rings. The quantitative estimate of drug-likeness (QED) is 0.606. The van der Waals surface area contributed by atoms with Gasteiger partial charge in [0.1, 0.15) is 0 Å². The highest BCUT2D eigenvalue weighted by atomic mass is 19.4. The monoisotopic (exact) mass is 419 g/mol. The number of oxazole rings is 1. The summed E-state index contributed by atoms with van der Waals surface area (Å²) in [5.74, 6) is -0.438. The lowest BCUT2D eigenvalue weighted by Crippen LogP contribution is -2.46. The van der Waals surface area contributed by atoms with Gasteiger partial charge in [-0.25, -0.2) is 4.79 Å². The van der Waals surface area contributed by atoms with E-state index in [4.69, 9.17) is 4.42 Å². The van der Waals surface area contributed by atoms with E-state index in [0.717, 1.165) is 63.6 Å². The molecule has 0 amide bonds. The minimum atomic E-state index is -4.31. The molecule has 1 fully saturated rings. The summed E-state index contributed by atoms with van der Waals surface area (Å²) in [6.45, 7) is 4.11. The number of unbranched alkanes of at least 4 members (excludes halogenated alkanes) is 1. The van der Waals surface area contributed by atoms with Gasteiger partial charge in [-0.15, -0.1) is 0 Å². The third-order valence-electron chi connectivity index (χ3n) is 5.59. The number of nitrogens with zero attached hydrogens (tertiary/aromatic N) is 2. The van der Waals surface area contributed by atoms with Crippen LogP contribution in [0.1, 0.15) is 24.0 Å². The van der Waals surface area contributed by atoms with Crippen LogP contribution in [0.4, 0.5) is 18.9 Å². The van der Waals surface area contributed by atoms with Gasteiger partial charge >= 0.3 is 11.9 Å². The van der Waals surface area contributed by atoms with Crippen LogP contribution in [-0.4, -0.2) is 42.6 Å². The Morgan fingerprint density at radius 1 is 1.00 bits per heavy atom. The molecule has 1 N–H and O–H groups in total. The van der Waals surface area contributed by atoms with Crippen LogP contribution in [0.2, 0.25) is 0 Å². The van der Waals surface area contributed by atoms with Crippen LogP contribution in [0.3, 0.4) is 0 Å². The fraction of sp³-hybridized carbons (Fsp3) is 0.409. The summed E-state index contributed by atoms with van der Waals surface area (Å²) >= 11 is 0. The Bertz CT molecular complexity index is 1050. The molecule has 0 saturated carbocycles. The molecule has 2 aromatic carbocycles. The van der Waals surface area contributed by atoms with E-state index in [0.29, 0.717) is 16.8 Å². The van der Waals surface area contributed by atoms with Crippen molar-refractivity contribution in [1.82, 2.24) is 9.88 Å². The third kappa shape index (κ3) is 4.87. The number of anilines is 1. The molecular formula is C22H24F3N3O2. The zero-order valence-corrected chi connectivity index (χ0v) is 16.5. The Balaban J connectivity index is 1.22. The van der Waals surface area contributed by atoms with E-state index in [-0.39, 0.29) is 0 Å². The molecule has 2 heterocycles. The lowest BCUT2D eigenvalue weighted by atomic mass is 10.1. The zero-order valence-electron chi connectivity index (χ0n) is 16.5. The largest absolute Gasteiger partial charge is 0.417 e. The molecule has 4 rings (SSSR count). The highest BCUT2D eigenvalue weighted by Gasteiger charge is 2.31. The molecule has 0 bridgehead atoms. The van der Waals surface area contributed by atoms with Crippen molar-refractivity contribution >= 4 is 16.8 Å². The van der Waals surface area contributed by atoms with Crippen LogP contribution in [0, 0.1) is 0 Å². The number of alkyl halides is 3. The van der Waals surface area contributed by atoms with Gasteiger partial charge in [0.25, 0.3) is 0 Å². The van der Waals surface area contributed by atoms with Crippen LogP contribution < -0.4 is 10.7 Å². The zero-order chi connectivity index (χ0) is 21.1. The summed E-state index contributed by atoms with van der Waals surface area (Å²) in [5, 5.41) is 0. The maximum absolute atomic E-state index is 12.9. The van der Waals surface area contributed by atoms with Crippen LogP contribution in [0.25, 0.3) is 11.1 Å². The maximum Gasteiger partial charge on any atom is 0.417 e. The summed E-state index contributed by atoms with van der Waals surface area (Å²) < 4.78 is 43.9. The lowest BCUT2D eigenvalue weighted by molar-refractivity contribution is -0.137. The molecule has 0 unspecified atom stereocenters. The van der Waals surface area contributed by atoms with E-state index >= 15 is 0 Å². The number of aromatic nitrogens is 1. The van der Waals surface area contributed by atoms with Gasteiger partial charge in [-0.05, 0) is 61.7 Å². The second-order valence-corrected chi connectivity index (χ2v) is 7.68. The first-order valence-electron chi connectivity index (χ1n) is 10.1. The first kappa shape index (κ1) is 20.5. The van der Waals surface area contributed by atoms with Crippen molar-refractivity contribution in [2.24, 2.45) is 0 Å². The standard InChI is InChI=1S/C22H24F3N3O2/c23-22(24,25)17-5-3-6-18(15-17)28-12-10-27(11-13-28)9-2-1-4-16-7-8-19-20(14-16)30-21(29)26-19/h3,5-8,14-15H,1-2,4,9-13H2,(H,26,29). The fourth-order valence-corrected chi connectivity index (χ4v) is 3.92. The molecule has 1 aliphatic rings. The third-order valence-corrected chi connectivity index (χ3v) is 5.59. The molecule has 1 aliphatic heterocycles. The molecule has 5 nitrogen and oxygen atoms in total. The van der Waals surface area contributed by atoms with Gasteiger partial charge in [0.15, 0.2) is 5.58 Å². The summed E-state index contributed by atoms with van der Waals surface area (Å²) in [6.07, 6.45) is -1.34. The van der Waals surface area contributed by atoms with E-state index < -0.39 is 17.5 Å². The number of halogens is 3. The van der Waals surface area contributed by atoms with Gasteiger partial charge in [-0.2, -0.15) is 13.2 Å². The van der Waals surface area contributed by atoms with E-state index in [1.54, 1.807) is 6.07 Å². The first-order chi connectivity index (χ1) is 14.4. The molecule has 1 saturated heterocycles. The van der Waals surface area contributed by atoms with E-state index in [1.165, 1.54) is 12.1 Å². The number of H-pyrrole nitrogens is 1. The van der Waals surface area contributed by atoms with Gasteiger partial charge < -0.3 is 9.32 Å². The van der Waals surface area contributed by atoms with E-state index in [2.05, 4.69) is 9.88 Å². The number of aromatic amines is 1. The van der Waals surface area contributed by atoms with Crippen LogP contribution in [-0.2, 0) is 12.6 Å². The molecule has 0 atom stereocenters. The molecule has 160 valence electrons. The minimum absolute atomic E-state index is 0.438. The summed E-state index contributed by atoms with van der Waals surface area (Å²) in [4.78, 5) is 18.2. The molecule has 0 spiro atoms. The van der Waals surface area contributed by atoms with Crippen molar-refractivity contribution in [3.63, 3.8) is 0 Å². The van der Waals surface area contributed by atoms with Crippen molar-refractivity contribution in [1.29, 1.82) is 0 Å². The summed E-state index contributed by atoms with van der Waals surface area (Å²) in [6, 6.07) is 11.3. The van der Waals surface area contributed by atoms with E-state index in [1.807, 2.05) is 23.1 Å². The lowest BCUT2D eigenvalue weighted by Gasteiger charge is -2.36. The van der Waals surface area contributed by atoms with Gasteiger partial charge in [0.2, 0.25) is 0 Å². The SMILES string of the molecule is O=c1[nH]c2ccc(CCCCN3CCN(c4cccc(C(F)(F)F)c4)CC3)cc2o1. The normalized spacial score (nSPS) is 15.8. The molecule has 30 heavy (non-hydrogen) atoms.